The van der Waals surface area contributed by atoms with Crippen molar-refractivity contribution >= 4 is 33.7 Å². The van der Waals surface area contributed by atoms with Gasteiger partial charge in [0.05, 0.1) is 19.0 Å². The van der Waals surface area contributed by atoms with Gasteiger partial charge >= 0.3 is 24.7 Å². The molecule has 0 saturated carbocycles. The summed E-state index contributed by atoms with van der Waals surface area (Å²) in [6.45, 7) is 1.48. The highest BCUT2D eigenvalue weighted by molar-refractivity contribution is 5.92. The van der Waals surface area contributed by atoms with E-state index >= 15 is 0 Å². The molecule has 2 aliphatic rings. The van der Waals surface area contributed by atoms with Crippen LogP contribution in [0, 0.1) is 12.9 Å². The molecule has 2 unspecified atom stereocenters. The van der Waals surface area contributed by atoms with Crippen molar-refractivity contribution < 1.29 is 63.6 Å². The first kappa shape index (κ1) is 48.8. The molecule has 12 rings (SSSR count). The Labute approximate surface area is 429 Å². The van der Waals surface area contributed by atoms with Crippen molar-refractivity contribution in [3.05, 3.63) is 131 Å². The Morgan fingerprint density at radius 3 is 1.60 bits per heavy atom. The summed E-state index contributed by atoms with van der Waals surface area (Å²) in [5, 5.41) is 14.1. The molecule has 4 aromatic carbocycles. The summed E-state index contributed by atoms with van der Waals surface area (Å²) in [6.07, 6.45) is -3.16. The number of pyridine rings is 1. The quantitative estimate of drug-likeness (QED) is 0.0507. The molecule has 10 aromatic rings. The van der Waals surface area contributed by atoms with Crippen LogP contribution in [0.4, 0.5) is 30.7 Å². The third-order valence-electron chi connectivity index (χ3n) is 13.8. The molecule has 2 N–H and O–H groups in total. The van der Waals surface area contributed by atoms with Crippen LogP contribution in [-0.2, 0) is 34.2 Å². The predicted octanol–water partition coefficient (Wildman–Crippen LogP) is 12.4. The van der Waals surface area contributed by atoms with E-state index in [1.54, 1.807) is 31.4 Å². The number of rotatable bonds is 12. The predicted molar refractivity (Wildman–Crippen MR) is 260 cm³/mol. The number of aryl methyl sites for hydroxylation is 4. The first-order valence-corrected chi connectivity index (χ1v) is 24.0. The van der Waals surface area contributed by atoms with Crippen LogP contribution >= 0.6 is 0 Å². The third-order valence-corrected chi connectivity index (χ3v) is 13.8. The Morgan fingerprint density at radius 1 is 0.636 bits per heavy atom. The van der Waals surface area contributed by atoms with Crippen molar-refractivity contribution in [1.82, 2.24) is 45.0 Å². The fourth-order valence-corrected chi connectivity index (χ4v) is 10.4. The van der Waals surface area contributed by atoms with Gasteiger partial charge in [0.2, 0.25) is 17.6 Å². The Morgan fingerprint density at radius 2 is 1.13 bits per heavy atom. The van der Waals surface area contributed by atoms with Gasteiger partial charge in [-0.2, -0.15) is 19.5 Å². The van der Waals surface area contributed by atoms with Crippen LogP contribution in [0.5, 0.6) is 11.5 Å². The van der Waals surface area contributed by atoms with Gasteiger partial charge in [-0.15, -0.1) is 26.3 Å². The lowest BCUT2D eigenvalue weighted by Crippen LogP contribution is -2.17. The van der Waals surface area contributed by atoms with E-state index < -0.39 is 42.1 Å². The summed E-state index contributed by atoms with van der Waals surface area (Å²) in [6, 6.07) is 20.2. The van der Waals surface area contributed by atoms with Crippen LogP contribution < -0.4 is 9.47 Å². The highest BCUT2D eigenvalue weighted by Crippen LogP contribution is 2.44. The van der Waals surface area contributed by atoms with Gasteiger partial charge in [0, 0.05) is 103 Å². The summed E-state index contributed by atoms with van der Waals surface area (Å²) < 4.78 is 120. The fraction of sp³-hybridized carbons (Fsp3) is 0.222. The van der Waals surface area contributed by atoms with E-state index in [4.69, 9.17) is 13.8 Å². The van der Waals surface area contributed by atoms with Gasteiger partial charge in [0.1, 0.15) is 11.5 Å². The van der Waals surface area contributed by atoms with Crippen molar-refractivity contribution in [2.24, 2.45) is 7.05 Å². The normalized spacial score (nSPS) is 15.3. The lowest BCUT2D eigenvalue weighted by Gasteiger charge is -2.12. The number of carbonyl (C=O) groups excluding carboxylic acids is 2. The van der Waals surface area contributed by atoms with Gasteiger partial charge in [0.25, 0.3) is 11.8 Å². The lowest BCUT2D eigenvalue weighted by atomic mass is 10.0. The van der Waals surface area contributed by atoms with E-state index in [0.717, 1.165) is 56.5 Å². The average Bonchev–Trinajstić information content (AvgIpc) is 4.41. The number of fused-ring (bicyclic) bond motifs is 6. The third kappa shape index (κ3) is 9.86. The second-order valence-corrected chi connectivity index (χ2v) is 18.9. The zero-order valence-electron chi connectivity index (χ0n) is 40.3. The number of nitrogens with one attached hydrogen (secondary N) is 2. The number of hydrogen-bond donors (Lipinski definition) is 2. The molecule has 0 fully saturated rings. The number of aromatic amines is 2. The van der Waals surface area contributed by atoms with Gasteiger partial charge in [-0.25, -0.2) is 4.98 Å². The molecule has 0 saturated heterocycles. The van der Waals surface area contributed by atoms with Gasteiger partial charge in [-0.05, 0) is 134 Å². The molecule has 77 heavy (non-hydrogen) atoms. The van der Waals surface area contributed by atoms with Crippen LogP contribution in [0.3, 0.4) is 0 Å². The van der Waals surface area contributed by atoms with Crippen molar-refractivity contribution in [3.63, 3.8) is 0 Å². The first-order valence-electron chi connectivity index (χ1n) is 24.0. The van der Waals surface area contributed by atoms with E-state index in [-0.39, 0.29) is 70.4 Å². The summed E-state index contributed by atoms with van der Waals surface area (Å²) in [4.78, 5) is 46.2. The maximum Gasteiger partial charge on any atom is 0.573 e. The molecular weight excluding hydrogens is 1020 g/mol. The van der Waals surface area contributed by atoms with Gasteiger partial charge in [-0.3, -0.25) is 14.3 Å². The molecule has 6 aromatic heterocycles. The van der Waals surface area contributed by atoms with Crippen LogP contribution in [0.15, 0.2) is 106 Å². The molecule has 23 heteroatoms. The van der Waals surface area contributed by atoms with E-state index in [0.29, 0.717) is 53.5 Å². The van der Waals surface area contributed by atoms with Crippen LogP contribution in [-0.4, -0.2) is 69.7 Å². The first-order chi connectivity index (χ1) is 36.8. The molecule has 0 spiro atoms. The molecule has 0 aliphatic heterocycles. The van der Waals surface area contributed by atoms with E-state index in [9.17, 15) is 40.3 Å². The number of carbonyl (C=O) groups is 2. The highest BCUT2D eigenvalue weighted by atomic mass is 19.4. The molecule has 2 atom stereocenters. The second-order valence-electron chi connectivity index (χ2n) is 18.9. The van der Waals surface area contributed by atoms with E-state index in [2.05, 4.69) is 49.8 Å². The fourth-order valence-electron chi connectivity index (χ4n) is 10.4. The zero-order chi connectivity index (χ0) is 53.5. The second kappa shape index (κ2) is 18.6. The van der Waals surface area contributed by atoms with Crippen molar-refractivity contribution in [3.8, 4) is 79.4 Å². The Balaban J connectivity index is 0.705. The standard InChI is InChI=1S/C54H38F7N9O7/c1-25-11-34(22-62-48(25)55)30-12-32(16-36(14-30)74-53(56,57)58)51-66-49(68-76-51)28-5-9-42-40(18-28)38-7-3-26(46(38)64-42)20-44(71)73-45(72)21-27-4-8-39-41-19-29(6-10-43(41)65-47(27)39)50-67-52(77-69-50)33-13-31(35-23-63-70(2)24-35)15-37(17-33)75-54(59,60)61/h5-6,9-19,22-24,26-27,64-65H,3-4,7-8,20-21H2,1-2H3. The minimum atomic E-state index is -5.00. The summed E-state index contributed by atoms with van der Waals surface area (Å²) >= 11 is 0. The molecule has 0 bridgehead atoms. The zero-order valence-corrected chi connectivity index (χ0v) is 40.3. The molecule has 16 nitrogen and oxygen atoms in total. The molecule has 0 amide bonds. The Kier molecular flexibility index (Phi) is 11.8. The van der Waals surface area contributed by atoms with Gasteiger partial charge in [0.15, 0.2) is 0 Å². The topological polar surface area (TPSA) is 202 Å². The maximum absolute atomic E-state index is 13.9. The molecule has 2 aliphatic carbocycles. The smallest absolute Gasteiger partial charge is 0.406 e. The van der Waals surface area contributed by atoms with E-state index in [1.807, 2.05) is 24.3 Å². The summed E-state index contributed by atoms with van der Waals surface area (Å²) in [5.74, 6) is -3.31. The summed E-state index contributed by atoms with van der Waals surface area (Å²) in [7, 11) is 1.68. The number of aromatic nitrogens is 9. The van der Waals surface area contributed by atoms with E-state index in [1.165, 1.54) is 48.3 Å². The SMILES string of the molecule is Cc1cc(-c2cc(OC(F)(F)F)cc(-c3nc(-c4ccc5[nH]c6c(c5c4)CCC6CC(=O)OC(=O)CC4CCc5c4[nH]c4ccc(-c6noc(-c7cc(OC(F)(F)F)cc(-c8cnn(C)c8)c7)n6)cc54)no3)c2)cnc1F. The number of benzene rings is 4. The number of H-pyrrole nitrogens is 2. The monoisotopic (exact) mass is 1060 g/mol. The van der Waals surface area contributed by atoms with Gasteiger partial charge in [-0.1, -0.05) is 10.3 Å². The number of esters is 2. The number of halogens is 7. The average molecular weight is 1060 g/mol. The van der Waals surface area contributed by atoms with Crippen LogP contribution in [0.2, 0.25) is 0 Å². The highest BCUT2D eigenvalue weighted by Gasteiger charge is 2.35. The molecule has 6 heterocycles. The van der Waals surface area contributed by atoms with Crippen molar-refractivity contribution in [1.29, 1.82) is 0 Å². The lowest BCUT2D eigenvalue weighted by molar-refractivity contribution is -0.275. The van der Waals surface area contributed by atoms with Crippen molar-refractivity contribution in [2.75, 3.05) is 0 Å². The maximum atomic E-state index is 13.9. The number of ether oxygens (including phenoxy) is 3. The Bertz CT molecular complexity index is 3980. The molecule has 0 radical (unpaired) electrons. The number of alkyl halides is 6. The number of hydrogen-bond acceptors (Lipinski definition) is 13. The molecular formula is C54H38F7N9O7. The molecule has 390 valence electrons. The minimum Gasteiger partial charge on any atom is -0.406 e. The van der Waals surface area contributed by atoms with Gasteiger partial charge < -0.3 is 33.2 Å². The van der Waals surface area contributed by atoms with Crippen LogP contribution in [0.25, 0.3) is 89.7 Å². The van der Waals surface area contributed by atoms with Crippen molar-refractivity contribution in [2.45, 2.75) is 70.0 Å². The van der Waals surface area contributed by atoms with Crippen LogP contribution in [0.1, 0.15) is 65.6 Å². The Hall–Kier alpha value is -9.15. The largest absolute Gasteiger partial charge is 0.573 e. The minimum absolute atomic E-state index is 0.0298. The summed E-state index contributed by atoms with van der Waals surface area (Å²) in [5.41, 5.74) is 8.41. The number of nitrogens with zero attached hydrogens (tertiary/aromatic N) is 7.